The first kappa shape index (κ1) is 16.5. The SMILES string of the molecule is CC(=O)CC(=O)CC1CCC(NC(=O)CC(C)=O)CC1. The van der Waals surface area contributed by atoms with Gasteiger partial charge in [0.2, 0.25) is 5.91 Å². The van der Waals surface area contributed by atoms with Crippen LogP contribution in [0.1, 0.15) is 58.8 Å². The molecule has 0 radical (unpaired) electrons. The van der Waals surface area contributed by atoms with Crippen LogP contribution in [0.25, 0.3) is 0 Å². The molecule has 1 rings (SSSR count). The van der Waals surface area contributed by atoms with Gasteiger partial charge in [0, 0.05) is 12.5 Å². The van der Waals surface area contributed by atoms with Gasteiger partial charge in [0.05, 0.1) is 12.8 Å². The van der Waals surface area contributed by atoms with Gasteiger partial charge in [-0.1, -0.05) is 0 Å². The molecule has 0 atom stereocenters. The molecule has 0 heterocycles. The molecule has 0 saturated heterocycles. The fraction of sp³-hybridized carbons (Fsp3) is 0.733. The van der Waals surface area contributed by atoms with E-state index >= 15 is 0 Å². The van der Waals surface area contributed by atoms with Crippen molar-refractivity contribution in [1.29, 1.82) is 0 Å². The first-order valence-corrected chi connectivity index (χ1v) is 7.16. The third kappa shape index (κ3) is 6.59. The summed E-state index contributed by atoms with van der Waals surface area (Å²) < 4.78 is 0. The average Bonchev–Trinajstić information content (AvgIpc) is 2.29. The summed E-state index contributed by atoms with van der Waals surface area (Å²) in [6.07, 6.45) is 3.88. The number of hydrogen-bond acceptors (Lipinski definition) is 4. The monoisotopic (exact) mass is 281 g/mol. The predicted molar refractivity (Wildman–Crippen MR) is 74.1 cm³/mol. The lowest BCUT2D eigenvalue weighted by Crippen LogP contribution is -2.38. The van der Waals surface area contributed by atoms with Crippen molar-refractivity contribution < 1.29 is 19.2 Å². The number of nitrogens with one attached hydrogen (secondary N) is 1. The van der Waals surface area contributed by atoms with Crippen molar-refractivity contribution in [1.82, 2.24) is 5.32 Å². The topological polar surface area (TPSA) is 80.3 Å². The summed E-state index contributed by atoms with van der Waals surface area (Å²) in [5, 5.41) is 2.86. The second kappa shape index (κ2) is 7.92. The van der Waals surface area contributed by atoms with Crippen LogP contribution in [0.5, 0.6) is 0 Å². The number of ketones is 3. The number of rotatable bonds is 7. The van der Waals surface area contributed by atoms with Crippen LogP contribution in [0.15, 0.2) is 0 Å². The number of amides is 1. The highest BCUT2D eigenvalue weighted by molar-refractivity contribution is 5.98. The van der Waals surface area contributed by atoms with Gasteiger partial charge in [-0.25, -0.2) is 0 Å². The maximum absolute atomic E-state index is 11.6. The molecule has 0 aliphatic heterocycles. The molecule has 112 valence electrons. The maximum atomic E-state index is 11.6. The molecule has 1 amide bonds. The summed E-state index contributed by atoms with van der Waals surface area (Å²) >= 11 is 0. The molecule has 0 aromatic rings. The molecule has 5 nitrogen and oxygen atoms in total. The van der Waals surface area contributed by atoms with Crippen LogP contribution in [-0.2, 0) is 19.2 Å². The van der Waals surface area contributed by atoms with Gasteiger partial charge in [-0.15, -0.1) is 0 Å². The molecule has 1 saturated carbocycles. The highest BCUT2D eigenvalue weighted by Gasteiger charge is 2.24. The van der Waals surface area contributed by atoms with Crippen molar-refractivity contribution in [2.45, 2.75) is 64.8 Å². The maximum Gasteiger partial charge on any atom is 0.227 e. The summed E-state index contributed by atoms with van der Waals surface area (Å²) in [6, 6.07) is 0.112. The predicted octanol–water partition coefficient (Wildman–Crippen LogP) is 1.58. The first-order chi connectivity index (χ1) is 9.36. The third-order valence-corrected chi connectivity index (χ3v) is 3.58. The molecule has 1 N–H and O–H groups in total. The van der Waals surface area contributed by atoms with Gasteiger partial charge in [0.1, 0.15) is 17.3 Å². The largest absolute Gasteiger partial charge is 0.353 e. The number of Topliss-reactive ketones (excluding diaryl/α,β-unsaturated/α-hetero) is 3. The normalized spacial score (nSPS) is 22.1. The molecule has 1 aliphatic carbocycles. The summed E-state index contributed by atoms with van der Waals surface area (Å²) in [5.74, 6) is -0.0934. The van der Waals surface area contributed by atoms with Crippen molar-refractivity contribution in [3.63, 3.8) is 0 Å². The van der Waals surface area contributed by atoms with Crippen molar-refractivity contribution in [2.24, 2.45) is 5.92 Å². The Labute approximate surface area is 119 Å². The van der Waals surface area contributed by atoms with Gasteiger partial charge in [-0.2, -0.15) is 0 Å². The van der Waals surface area contributed by atoms with Crippen molar-refractivity contribution >= 4 is 23.3 Å². The zero-order valence-electron chi connectivity index (χ0n) is 12.2. The second-order valence-electron chi connectivity index (χ2n) is 5.79. The number of hydrogen-bond donors (Lipinski definition) is 1. The summed E-state index contributed by atoms with van der Waals surface area (Å²) in [7, 11) is 0. The first-order valence-electron chi connectivity index (χ1n) is 7.16. The van der Waals surface area contributed by atoms with Crippen LogP contribution >= 0.6 is 0 Å². The molecule has 0 aromatic carbocycles. The Morgan fingerprint density at radius 3 is 1.95 bits per heavy atom. The van der Waals surface area contributed by atoms with Gasteiger partial charge >= 0.3 is 0 Å². The van der Waals surface area contributed by atoms with E-state index < -0.39 is 0 Å². The Balaban J connectivity index is 2.26. The van der Waals surface area contributed by atoms with E-state index in [1.165, 1.54) is 13.8 Å². The van der Waals surface area contributed by atoms with Crippen molar-refractivity contribution in [3.05, 3.63) is 0 Å². The highest BCUT2D eigenvalue weighted by Crippen LogP contribution is 2.27. The smallest absolute Gasteiger partial charge is 0.227 e. The minimum atomic E-state index is -0.214. The van der Waals surface area contributed by atoms with Crippen LogP contribution in [0.2, 0.25) is 0 Å². The number of carbonyl (C=O) groups is 4. The molecular weight excluding hydrogens is 258 g/mol. The lowest BCUT2D eigenvalue weighted by molar-refractivity contribution is -0.129. The van der Waals surface area contributed by atoms with Crippen molar-refractivity contribution in [3.8, 4) is 0 Å². The Bertz CT molecular complexity index is 357. The summed E-state index contributed by atoms with van der Waals surface area (Å²) in [4.78, 5) is 44.7. The van der Waals surface area contributed by atoms with E-state index in [2.05, 4.69) is 5.32 Å². The van der Waals surface area contributed by atoms with Gasteiger partial charge in [0.25, 0.3) is 0 Å². The van der Waals surface area contributed by atoms with E-state index in [0.29, 0.717) is 12.3 Å². The highest BCUT2D eigenvalue weighted by atomic mass is 16.2. The van der Waals surface area contributed by atoms with Crippen LogP contribution < -0.4 is 5.32 Å². The number of carbonyl (C=O) groups excluding carboxylic acids is 4. The van der Waals surface area contributed by atoms with E-state index in [0.717, 1.165) is 25.7 Å². The standard InChI is InChI=1S/C15H23NO4/c1-10(17)7-14(19)9-12-3-5-13(6-4-12)16-15(20)8-11(2)18/h12-13H,3-9H2,1-2H3,(H,16,20). The molecule has 1 fully saturated rings. The Kier molecular flexibility index (Phi) is 6.55. The van der Waals surface area contributed by atoms with Crippen LogP contribution in [0, 0.1) is 5.92 Å². The Morgan fingerprint density at radius 2 is 1.45 bits per heavy atom. The third-order valence-electron chi connectivity index (χ3n) is 3.58. The average molecular weight is 281 g/mol. The lowest BCUT2D eigenvalue weighted by Gasteiger charge is -2.28. The zero-order chi connectivity index (χ0) is 15.1. The van der Waals surface area contributed by atoms with Gasteiger partial charge in [0.15, 0.2) is 0 Å². The molecule has 1 aliphatic rings. The zero-order valence-corrected chi connectivity index (χ0v) is 12.2. The summed E-state index contributed by atoms with van der Waals surface area (Å²) in [6.45, 7) is 2.83. The van der Waals surface area contributed by atoms with Gasteiger partial charge in [-0.05, 0) is 45.4 Å². The molecule has 0 aromatic heterocycles. The fourth-order valence-electron chi connectivity index (χ4n) is 2.69. The van der Waals surface area contributed by atoms with E-state index in [-0.39, 0.29) is 42.1 Å². The van der Waals surface area contributed by atoms with E-state index in [1.807, 2.05) is 0 Å². The Morgan fingerprint density at radius 1 is 0.900 bits per heavy atom. The van der Waals surface area contributed by atoms with Crippen LogP contribution in [0.4, 0.5) is 0 Å². The molecule has 0 unspecified atom stereocenters. The summed E-state index contributed by atoms with van der Waals surface area (Å²) in [5.41, 5.74) is 0. The van der Waals surface area contributed by atoms with E-state index in [1.54, 1.807) is 0 Å². The molecule has 5 heteroatoms. The Hall–Kier alpha value is -1.52. The molecule has 0 bridgehead atoms. The van der Waals surface area contributed by atoms with Crippen LogP contribution in [0.3, 0.4) is 0 Å². The minimum absolute atomic E-state index is 0.0153. The minimum Gasteiger partial charge on any atom is -0.353 e. The molecule has 20 heavy (non-hydrogen) atoms. The van der Waals surface area contributed by atoms with Gasteiger partial charge < -0.3 is 5.32 Å². The molecular formula is C15H23NO4. The fourth-order valence-corrected chi connectivity index (χ4v) is 2.69. The van der Waals surface area contributed by atoms with Crippen molar-refractivity contribution in [2.75, 3.05) is 0 Å². The van der Waals surface area contributed by atoms with Gasteiger partial charge in [-0.3, -0.25) is 19.2 Å². The van der Waals surface area contributed by atoms with E-state index in [4.69, 9.17) is 0 Å². The van der Waals surface area contributed by atoms with E-state index in [9.17, 15) is 19.2 Å². The second-order valence-corrected chi connectivity index (χ2v) is 5.79. The van der Waals surface area contributed by atoms with Crippen LogP contribution in [-0.4, -0.2) is 29.3 Å². The lowest BCUT2D eigenvalue weighted by atomic mass is 9.82. The molecule has 0 spiro atoms. The quantitative estimate of drug-likeness (QED) is 0.718.